The van der Waals surface area contributed by atoms with Crippen LogP contribution < -0.4 is 5.32 Å². The maximum absolute atomic E-state index is 9.07. The second-order valence-electron chi connectivity index (χ2n) is 3.97. The van der Waals surface area contributed by atoms with Gasteiger partial charge in [0.2, 0.25) is 0 Å². The van der Waals surface area contributed by atoms with Gasteiger partial charge in [0.15, 0.2) is 5.82 Å². The fourth-order valence-electron chi connectivity index (χ4n) is 1.63. The van der Waals surface area contributed by atoms with E-state index in [0.29, 0.717) is 6.54 Å². The number of nitriles is 1. The minimum absolute atomic E-state index is 0.188. The summed E-state index contributed by atoms with van der Waals surface area (Å²) in [5.41, 5.74) is 0. The highest BCUT2D eigenvalue weighted by molar-refractivity contribution is 4.96. The van der Waals surface area contributed by atoms with Crippen molar-refractivity contribution in [2.45, 2.75) is 52.6 Å². The van der Waals surface area contributed by atoms with Crippen molar-refractivity contribution in [2.75, 3.05) is 6.54 Å². The molecule has 94 valence electrons. The first-order valence-corrected chi connectivity index (χ1v) is 6.30. The Morgan fingerprint density at radius 1 is 1.35 bits per heavy atom. The molecule has 0 aromatic carbocycles. The average molecular weight is 235 g/mol. The van der Waals surface area contributed by atoms with E-state index in [1.165, 1.54) is 0 Å². The summed E-state index contributed by atoms with van der Waals surface area (Å²) in [6, 6.07) is 2.08. The Labute approximate surface area is 103 Å². The van der Waals surface area contributed by atoms with Gasteiger partial charge in [-0.05, 0) is 13.0 Å². The smallest absolute Gasteiger partial charge is 0.150 e. The second-order valence-corrected chi connectivity index (χ2v) is 3.97. The molecule has 1 atom stereocenters. The second kappa shape index (κ2) is 7.02. The summed E-state index contributed by atoms with van der Waals surface area (Å²) in [6.07, 6.45) is 2.70. The number of nitrogens with zero attached hydrogens (tertiary/aromatic N) is 4. The molecule has 1 rings (SSSR count). The molecular weight excluding hydrogens is 214 g/mol. The van der Waals surface area contributed by atoms with Crippen molar-refractivity contribution in [3.05, 3.63) is 11.6 Å². The molecule has 0 saturated carbocycles. The number of rotatable bonds is 7. The Hall–Kier alpha value is -1.41. The highest BCUT2D eigenvalue weighted by Crippen LogP contribution is 2.02. The van der Waals surface area contributed by atoms with Crippen LogP contribution in [0.1, 0.15) is 38.8 Å². The molecule has 1 aromatic heterocycles. The predicted octanol–water partition coefficient (Wildman–Crippen LogP) is 1.29. The van der Waals surface area contributed by atoms with Gasteiger partial charge in [-0.25, -0.2) is 9.67 Å². The topological polar surface area (TPSA) is 66.5 Å². The van der Waals surface area contributed by atoms with Gasteiger partial charge in [-0.15, -0.1) is 0 Å². The summed E-state index contributed by atoms with van der Waals surface area (Å²) >= 11 is 0. The molecule has 5 heteroatoms. The first-order chi connectivity index (χ1) is 8.24. The predicted molar refractivity (Wildman–Crippen MR) is 66.5 cm³/mol. The lowest BCUT2D eigenvalue weighted by atomic mass is 10.3. The molecule has 17 heavy (non-hydrogen) atoms. The highest BCUT2D eigenvalue weighted by atomic mass is 15.4. The molecule has 0 aliphatic carbocycles. The van der Waals surface area contributed by atoms with E-state index in [9.17, 15) is 0 Å². The average Bonchev–Trinajstić information content (AvgIpc) is 2.76. The van der Waals surface area contributed by atoms with Crippen molar-refractivity contribution in [1.29, 1.82) is 5.26 Å². The summed E-state index contributed by atoms with van der Waals surface area (Å²) in [5, 5.41) is 16.7. The maximum Gasteiger partial charge on any atom is 0.150 e. The van der Waals surface area contributed by atoms with Crippen LogP contribution in [0.2, 0.25) is 0 Å². The number of hydrogen-bond acceptors (Lipinski definition) is 4. The van der Waals surface area contributed by atoms with E-state index in [4.69, 9.17) is 5.26 Å². The quantitative estimate of drug-likeness (QED) is 0.773. The van der Waals surface area contributed by atoms with Crippen LogP contribution in [0.25, 0.3) is 0 Å². The van der Waals surface area contributed by atoms with Crippen LogP contribution in [0.5, 0.6) is 0 Å². The third-order valence-corrected chi connectivity index (χ3v) is 2.58. The van der Waals surface area contributed by atoms with E-state index in [0.717, 1.165) is 37.5 Å². The van der Waals surface area contributed by atoms with Crippen LogP contribution in [0.3, 0.4) is 0 Å². The van der Waals surface area contributed by atoms with Gasteiger partial charge in [-0.2, -0.15) is 10.4 Å². The van der Waals surface area contributed by atoms with Crippen LogP contribution in [-0.2, 0) is 19.4 Å². The summed E-state index contributed by atoms with van der Waals surface area (Å²) in [7, 11) is 0. The summed E-state index contributed by atoms with van der Waals surface area (Å²) in [5.74, 6) is 1.81. The summed E-state index contributed by atoms with van der Waals surface area (Å²) < 4.78 is 1.86. The van der Waals surface area contributed by atoms with Crippen molar-refractivity contribution >= 4 is 0 Å². The van der Waals surface area contributed by atoms with Crippen molar-refractivity contribution in [1.82, 2.24) is 20.1 Å². The fourth-order valence-corrected chi connectivity index (χ4v) is 1.63. The molecule has 0 saturated heterocycles. The molecule has 0 amide bonds. The Morgan fingerprint density at radius 2 is 2.12 bits per heavy atom. The first kappa shape index (κ1) is 13.7. The van der Waals surface area contributed by atoms with E-state index in [-0.39, 0.29) is 6.04 Å². The largest absolute Gasteiger partial charge is 0.300 e. The van der Waals surface area contributed by atoms with Crippen molar-refractivity contribution in [3.63, 3.8) is 0 Å². The SMILES string of the molecule is CCCNC(C#N)Cn1nc(CC)nc1CC. The minimum atomic E-state index is -0.188. The van der Waals surface area contributed by atoms with E-state index in [2.05, 4.69) is 35.3 Å². The van der Waals surface area contributed by atoms with E-state index in [1.807, 2.05) is 11.6 Å². The molecule has 0 bridgehead atoms. The lowest BCUT2D eigenvalue weighted by molar-refractivity contribution is 0.476. The normalized spacial score (nSPS) is 12.4. The van der Waals surface area contributed by atoms with Gasteiger partial charge in [0.1, 0.15) is 11.9 Å². The monoisotopic (exact) mass is 235 g/mol. The molecule has 0 spiro atoms. The lowest BCUT2D eigenvalue weighted by Crippen LogP contribution is -2.33. The van der Waals surface area contributed by atoms with E-state index in [1.54, 1.807) is 0 Å². The summed E-state index contributed by atoms with van der Waals surface area (Å²) in [6.45, 7) is 7.61. The Balaban J connectivity index is 2.71. The van der Waals surface area contributed by atoms with Crippen molar-refractivity contribution in [3.8, 4) is 6.07 Å². The molecule has 0 aliphatic rings. The van der Waals surface area contributed by atoms with Gasteiger partial charge in [-0.3, -0.25) is 0 Å². The Bertz CT molecular complexity index is 377. The zero-order valence-corrected chi connectivity index (χ0v) is 10.9. The first-order valence-electron chi connectivity index (χ1n) is 6.30. The third kappa shape index (κ3) is 3.82. The van der Waals surface area contributed by atoms with Gasteiger partial charge in [0.05, 0.1) is 12.6 Å². The maximum atomic E-state index is 9.07. The van der Waals surface area contributed by atoms with Crippen LogP contribution in [0, 0.1) is 11.3 Å². The van der Waals surface area contributed by atoms with Gasteiger partial charge in [0.25, 0.3) is 0 Å². The van der Waals surface area contributed by atoms with Crippen molar-refractivity contribution < 1.29 is 0 Å². The summed E-state index contributed by atoms with van der Waals surface area (Å²) in [4.78, 5) is 4.43. The molecule has 5 nitrogen and oxygen atoms in total. The van der Waals surface area contributed by atoms with Gasteiger partial charge >= 0.3 is 0 Å². The lowest BCUT2D eigenvalue weighted by Gasteiger charge is -2.11. The minimum Gasteiger partial charge on any atom is -0.300 e. The zero-order valence-electron chi connectivity index (χ0n) is 10.9. The van der Waals surface area contributed by atoms with Crippen LogP contribution in [-0.4, -0.2) is 27.4 Å². The molecule has 1 unspecified atom stereocenters. The fraction of sp³-hybridized carbons (Fsp3) is 0.750. The number of aromatic nitrogens is 3. The highest BCUT2D eigenvalue weighted by Gasteiger charge is 2.12. The van der Waals surface area contributed by atoms with Gasteiger partial charge in [0, 0.05) is 12.8 Å². The third-order valence-electron chi connectivity index (χ3n) is 2.58. The standard InChI is InChI=1S/C12H21N5/c1-4-7-14-10(8-13)9-17-12(6-3)15-11(5-2)16-17/h10,14H,4-7,9H2,1-3H3. The molecule has 0 fully saturated rings. The van der Waals surface area contributed by atoms with E-state index < -0.39 is 0 Å². The number of hydrogen-bond donors (Lipinski definition) is 1. The van der Waals surface area contributed by atoms with Crippen molar-refractivity contribution in [2.24, 2.45) is 0 Å². The Kier molecular flexibility index (Phi) is 5.64. The molecule has 0 aliphatic heterocycles. The van der Waals surface area contributed by atoms with Gasteiger partial charge in [-0.1, -0.05) is 20.8 Å². The van der Waals surface area contributed by atoms with E-state index >= 15 is 0 Å². The Morgan fingerprint density at radius 3 is 2.65 bits per heavy atom. The van der Waals surface area contributed by atoms with Gasteiger partial charge < -0.3 is 5.32 Å². The molecular formula is C12H21N5. The number of nitrogens with one attached hydrogen (secondary N) is 1. The van der Waals surface area contributed by atoms with Crippen LogP contribution in [0.15, 0.2) is 0 Å². The number of aryl methyl sites for hydroxylation is 2. The molecule has 1 heterocycles. The molecule has 0 radical (unpaired) electrons. The molecule has 1 aromatic rings. The van der Waals surface area contributed by atoms with Crippen LogP contribution in [0.4, 0.5) is 0 Å². The van der Waals surface area contributed by atoms with Crippen LogP contribution >= 0.6 is 0 Å². The zero-order chi connectivity index (χ0) is 12.7. The molecule has 1 N–H and O–H groups in total.